The van der Waals surface area contributed by atoms with Gasteiger partial charge in [-0.1, -0.05) is 41.3 Å². The largest absolute Gasteiger partial charge is 0.351 e. The maximum Gasteiger partial charge on any atom is 0.174 e. The Bertz CT molecular complexity index is 1100. The smallest absolute Gasteiger partial charge is 0.174 e. The van der Waals surface area contributed by atoms with Crippen LogP contribution in [0.2, 0.25) is 0 Å². The quantitative estimate of drug-likeness (QED) is 0.386. The SMILES string of the molecule is Cc1cc([C@@H]2[C@H](c3ccccn3)NC(=S)N2c2ccc(Br)cc2)c(C)n1C1CCCCC1. The van der Waals surface area contributed by atoms with E-state index in [0.717, 1.165) is 21.0 Å². The Hall–Kier alpha value is -2.18. The van der Waals surface area contributed by atoms with Gasteiger partial charge >= 0.3 is 0 Å². The van der Waals surface area contributed by atoms with Crippen molar-refractivity contribution in [2.24, 2.45) is 0 Å². The molecule has 0 radical (unpaired) electrons. The van der Waals surface area contributed by atoms with Crippen molar-refractivity contribution in [3.05, 3.63) is 81.8 Å². The molecule has 0 spiro atoms. The van der Waals surface area contributed by atoms with E-state index in [0.29, 0.717) is 6.04 Å². The molecule has 1 saturated carbocycles. The molecule has 166 valence electrons. The number of pyridine rings is 1. The molecular weight excluding hydrogens is 480 g/mol. The van der Waals surface area contributed by atoms with Crippen LogP contribution in [0.1, 0.15) is 72.9 Å². The van der Waals surface area contributed by atoms with Gasteiger partial charge in [-0.2, -0.15) is 0 Å². The molecule has 5 rings (SSSR count). The molecule has 1 aliphatic heterocycles. The van der Waals surface area contributed by atoms with Crippen molar-refractivity contribution < 1.29 is 0 Å². The topological polar surface area (TPSA) is 33.1 Å². The number of nitrogens with zero attached hydrogens (tertiary/aromatic N) is 3. The summed E-state index contributed by atoms with van der Waals surface area (Å²) in [6, 6.07) is 17.6. The second-order valence-corrected chi connectivity index (χ2v) is 10.3. The molecule has 2 atom stereocenters. The predicted octanol–water partition coefficient (Wildman–Crippen LogP) is 6.94. The van der Waals surface area contributed by atoms with Gasteiger partial charge in [-0.3, -0.25) is 4.98 Å². The zero-order valence-electron chi connectivity index (χ0n) is 18.6. The molecule has 2 aromatic heterocycles. The van der Waals surface area contributed by atoms with E-state index in [1.54, 1.807) is 0 Å². The molecule has 3 heterocycles. The highest BCUT2D eigenvalue weighted by molar-refractivity contribution is 9.10. The van der Waals surface area contributed by atoms with Crippen LogP contribution in [-0.4, -0.2) is 14.7 Å². The van der Waals surface area contributed by atoms with E-state index in [9.17, 15) is 0 Å². The first-order valence-electron chi connectivity index (χ1n) is 11.5. The lowest BCUT2D eigenvalue weighted by Crippen LogP contribution is -2.29. The lowest BCUT2D eigenvalue weighted by molar-refractivity contribution is 0.345. The van der Waals surface area contributed by atoms with Crippen molar-refractivity contribution in [3.8, 4) is 0 Å². The minimum absolute atomic E-state index is 0.00680. The molecule has 0 amide bonds. The lowest BCUT2D eigenvalue weighted by atomic mass is 9.94. The molecule has 4 nitrogen and oxygen atoms in total. The second-order valence-electron chi connectivity index (χ2n) is 8.96. The van der Waals surface area contributed by atoms with Gasteiger partial charge in [0.1, 0.15) is 0 Å². The van der Waals surface area contributed by atoms with Crippen LogP contribution in [0.5, 0.6) is 0 Å². The zero-order chi connectivity index (χ0) is 22.2. The number of aromatic nitrogens is 2. The molecule has 3 aromatic rings. The van der Waals surface area contributed by atoms with Crippen molar-refractivity contribution in [1.29, 1.82) is 0 Å². The average Bonchev–Trinajstić information content (AvgIpc) is 3.31. The average molecular weight is 510 g/mol. The maximum atomic E-state index is 5.89. The second kappa shape index (κ2) is 8.99. The van der Waals surface area contributed by atoms with Crippen molar-refractivity contribution in [2.45, 2.75) is 64.1 Å². The number of aryl methyl sites for hydroxylation is 1. The van der Waals surface area contributed by atoms with Crippen LogP contribution in [0.25, 0.3) is 0 Å². The normalized spacial score (nSPS) is 21.7. The van der Waals surface area contributed by atoms with Gasteiger partial charge in [0, 0.05) is 33.8 Å². The monoisotopic (exact) mass is 508 g/mol. The summed E-state index contributed by atoms with van der Waals surface area (Å²) in [5.41, 5.74) is 6.14. The number of thiocarbonyl (C=S) groups is 1. The third kappa shape index (κ3) is 3.88. The summed E-state index contributed by atoms with van der Waals surface area (Å²) in [5, 5.41) is 4.34. The van der Waals surface area contributed by atoms with Crippen LogP contribution in [-0.2, 0) is 0 Å². The first-order chi connectivity index (χ1) is 15.5. The predicted molar refractivity (Wildman–Crippen MR) is 138 cm³/mol. The summed E-state index contributed by atoms with van der Waals surface area (Å²) in [6.45, 7) is 4.54. The Morgan fingerprint density at radius 3 is 2.47 bits per heavy atom. The first kappa shape index (κ1) is 21.7. The molecule has 1 saturated heterocycles. The Labute approximate surface area is 204 Å². The third-order valence-electron chi connectivity index (χ3n) is 6.98. The van der Waals surface area contributed by atoms with E-state index < -0.39 is 0 Å². The number of hydrogen-bond acceptors (Lipinski definition) is 2. The molecule has 2 fully saturated rings. The molecule has 0 unspecified atom stereocenters. The van der Waals surface area contributed by atoms with Crippen LogP contribution < -0.4 is 10.2 Å². The highest BCUT2D eigenvalue weighted by Gasteiger charge is 2.42. The van der Waals surface area contributed by atoms with Crippen molar-refractivity contribution in [3.63, 3.8) is 0 Å². The zero-order valence-corrected chi connectivity index (χ0v) is 21.0. The molecule has 0 bridgehead atoms. The Morgan fingerprint density at radius 2 is 1.78 bits per heavy atom. The number of halogens is 1. The summed E-state index contributed by atoms with van der Waals surface area (Å²) >= 11 is 9.45. The fraction of sp³-hybridized carbons (Fsp3) is 0.385. The highest BCUT2D eigenvalue weighted by Crippen LogP contribution is 2.44. The van der Waals surface area contributed by atoms with Gasteiger partial charge in [0.15, 0.2) is 5.11 Å². The third-order valence-corrected chi connectivity index (χ3v) is 7.83. The number of nitrogens with one attached hydrogen (secondary N) is 1. The van der Waals surface area contributed by atoms with Gasteiger partial charge in [0.25, 0.3) is 0 Å². The fourth-order valence-corrected chi connectivity index (χ4v) is 6.16. The maximum absolute atomic E-state index is 5.89. The molecular formula is C26H29BrN4S. The molecule has 1 aromatic carbocycles. The van der Waals surface area contributed by atoms with E-state index in [1.807, 2.05) is 12.3 Å². The van der Waals surface area contributed by atoms with Crippen molar-refractivity contribution in [2.75, 3.05) is 4.90 Å². The summed E-state index contributed by atoms with van der Waals surface area (Å²) in [7, 11) is 0. The van der Waals surface area contributed by atoms with Gasteiger partial charge in [-0.15, -0.1) is 0 Å². The van der Waals surface area contributed by atoms with Crippen LogP contribution >= 0.6 is 28.1 Å². The molecule has 2 aliphatic rings. The number of hydrogen-bond donors (Lipinski definition) is 1. The number of benzene rings is 1. The Kier molecular flexibility index (Phi) is 6.08. The Morgan fingerprint density at radius 1 is 1.03 bits per heavy atom. The molecule has 32 heavy (non-hydrogen) atoms. The standard InChI is InChI=1S/C26H29BrN4S/c1-17-16-22(18(2)30(17)20-8-4-3-5-9-20)25-24(23-10-6-7-15-28-23)29-26(32)31(25)21-13-11-19(27)12-14-21/h6-7,10-16,20,24-25H,3-5,8-9H2,1-2H3,(H,29,32)/t24-,25+/m0/s1. The minimum atomic E-state index is -0.00680. The number of anilines is 1. The van der Waals surface area contributed by atoms with Crippen molar-refractivity contribution in [1.82, 2.24) is 14.9 Å². The van der Waals surface area contributed by atoms with Crippen LogP contribution in [0.3, 0.4) is 0 Å². The summed E-state index contributed by atoms with van der Waals surface area (Å²) in [4.78, 5) is 6.97. The van der Waals surface area contributed by atoms with E-state index in [1.165, 1.54) is 49.1 Å². The van der Waals surface area contributed by atoms with Gasteiger partial charge in [-0.25, -0.2) is 0 Å². The van der Waals surface area contributed by atoms with Gasteiger partial charge < -0.3 is 14.8 Å². The molecule has 6 heteroatoms. The summed E-state index contributed by atoms with van der Waals surface area (Å²) < 4.78 is 3.65. The van der Waals surface area contributed by atoms with E-state index >= 15 is 0 Å². The van der Waals surface area contributed by atoms with E-state index in [4.69, 9.17) is 17.2 Å². The molecule has 1 N–H and O–H groups in total. The van der Waals surface area contributed by atoms with Crippen LogP contribution in [0, 0.1) is 13.8 Å². The van der Waals surface area contributed by atoms with E-state index in [2.05, 4.69) is 87.0 Å². The van der Waals surface area contributed by atoms with Gasteiger partial charge in [-0.05, 0) is 86.9 Å². The minimum Gasteiger partial charge on any atom is -0.351 e. The summed E-state index contributed by atoms with van der Waals surface area (Å²) in [6.07, 6.45) is 8.43. The van der Waals surface area contributed by atoms with E-state index in [-0.39, 0.29) is 12.1 Å². The molecule has 1 aliphatic carbocycles. The number of rotatable bonds is 4. The van der Waals surface area contributed by atoms with Gasteiger partial charge in [0.2, 0.25) is 0 Å². The summed E-state index contributed by atoms with van der Waals surface area (Å²) in [5.74, 6) is 0. The van der Waals surface area contributed by atoms with Crippen LogP contribution in [0.4, 0.5) is 5.69 Å². The fourth-order valence-electron chi connectivity index (χ4n) is 5.55. The Balaban J connectivity index is 1.62. The van der Waals surface area contributed by atoms with Crippen LogP contribution in [0.15, 0.2) is 59.2 Å². The van der Waals surface area contributed by atoms with Gasteiger partial charge in [0.05, 0.1) is 17.8 Å². The highest BCUT2D eigenvalue weighted by atomic mass is 79.9. The lowest BCUT2D eigenvalue weighted by Gasteiger charge is -2.30. The first-order valence-corrected chi connectivity index (χ1v) is 12.7. The van der Waals surface area contributed by atoms with Crippen molar-refractivity contribution >= 4 is 38.9 Å².